The summed E-state index contributed by atoms with van der Waals surface area (Å²) in [6, 6.07) is 11.7. The van der Waals surface area contributed by atoms with Crippen molar-refractivity contribution in [3.8, 4) is 5.88 Å². The molecule has 2 heterocycles. The van der Waals surface area contributed by atoms with Crippen LogP contribution in [0, 0.1) is 6.92 Å². The zero-order valence-corrected chi connectivity index (χ0v) is 16.6. The molecule has 1 amide bonds. The standard InChI is InChI=1S/C21H28N4O3/c1-3-18(17-7-5-4-6-8-17)21(26)22-9-12-28-20-15-19(23-16(2)24-20)25-10-13-27-14-11-25/h4-8,15,18H,3,9-14H2,1-2H3,(H,22,26). The lowest BCUT2D eigenvalue weighted by atomic mass is 9.96. The number of carbonyl (C=O) groups is 1. The number of hydrogen-bond acceptors (Lipinski definition) is 6. The van der Waals surface area contributed by atoms with Crippen LogP contribution in [-0.4, -0.2) is 55.3 Å². The van der Waals surface area contributed by atoms with E-state index in [9.17, 15) is 4.79 Å². The fourth-order valence-electron chi connectivity index (χ4n) is 3.26. The number of hydrogen-bond donors (Lipinski definition) is 1. The largest absolute Gasteiger partial charge is 0.476 e. The number of nitrogens with one attached hydrogen (secondary N) is 1. The van der Waals surface area contributed by atoms with E-state index in [2.05, 4.69) is 20.2 Å². The molecule has 0 bridgehead atoms. The zero-order chi connectivity index (χ0) is 19.8. The van der Waals surface area contributed by atoms with E-state index in [4.69, 9.17) is 9.47 Å². The van der Waals surface area contributed by atoms with Crippen LogP contribution in [0.2, 0.25) is 0 Å². The van der Waals surface area contributed by atoms with E-state index in [0.717, 1.165) is 30.9 Å². The third-order valence-electron chi connectivity index (χ3n) is 4.71. The van der Waals surface area contributed by atoms with Gasteiger partial charge in [-0.25, -0.2) is 4.98 Å². The number of nitrogens with zero attached hydrogens (tertiary/aromatic N) is 3. The van der Waals surface area contributed by atoms with E-state index < -0.39 is 0 Å². The number of amides is 1. The number of aryl methyl sites for hydroxylation is 1. The Kier molecular flexibility index (Phi) is 7.19. The van der Waals surface area contributed by atoms with Gasteiger partial charge >= 0.3 is 0 Å². The SMILES string of the molecule is CCC(C(=O)NCCOc1cc(N2CCOCC2)nc(C)n1)c1ccccc1. The van der Waals surface area contributed by atoms with Crippen LogP contribution < -0.4 is 15.0 Å². The first-order valence-corrected chi connectivity index (χ1v) is 9.81. The number of anilines is 1. The van der Waals surface area contributed by atoms with Gasteiger partial charge in [0.2, 0.25) is 11.8 Å². The van der Waals surface area contributed by atoms with Crippen LogP contribution in [0.1, 0.15) is 30.7 Å². The number of rotatable bonds is 8. The molecule has 1 aliphatic heterocycles. The summed E-state index contributed by atoms with van der Waals surface area (Å²) in [6.07, 6.45) is 0.755. The molecule has 1 atom stereocenters. The highest BCUT2D eigenvalue weighted by atomic mass is 16.5. The number of ether oxygens (including phenoxy) is 2. The lowest BCUT2D eigenvalue weighted by molar-refractivity contribution is -0.122. The van der Waals surface area contributed by atoms with Gasteiger partial charge in [0.05, 0.1) is 25.7 Å². The van der Waals surface area contributed by atoms with Gasteiger partial charge in [0.1, 0.15) is 18.2 Å². The van der Waals surface area contributed by atoms with Gasteiger partial charge in [0.15, 0.2) is 0 Å². The maximum Gasteiger partial charge on any atom is 0.227 e. The van der Waals surface area contributed by atoms with Gasteiger partial charge in [-0.2, -0.15) is 4.98 Å². The third-order valence-corrected chi connectivity index (χ3v) is 4.71. The fraction of sp³-hybridized carbons (Fsp3) is 0.476. The molecule has 28 heavy (non-hydrogen) atoms. The number of aromatic nitrogens is 2. The molecule has 2 aromatic rings. The molecule has 1 aromatic carbocycles. The highest BCUT2D eigenvalue weighted by Gasteiger charge is 2.18. The predicted octanol–water partition coefficient (Wildman–Crippen LogP) is 2.31. The second-order valence-corrected chi connectivity index (χ2v) is 6.72. The molecule has 150 valence electrons. The van der Waals surface area contributed by atoms with Crippen LogP contribution in [-0.2, 0) is 9.53 Å². The van der Waals surface area contributed by atoms with Gasteiger partial charge < -0.3 is 19.7 Å². The minimum atomic E-state index is -0.143. The van der Waals surface area contributed by atoms with Crippen LogP contribution in [0.25, 0.3) is 0 Å². The summed E-state index contributed by atoms with van der Waals surface area (Å²) in [5, 5.41) is 2.96. The van der Waals surface area contributed by atoms with Gasteiger partial charge in [-0.15, -0.1) is 0 Å². The summed E-state index contributed by atoms with van der Waals surface area (Å²) in [6.45, 7) is 7.67. The molecule has 1 saturated heterocycles. The van der Waals surface area contributed by atoms with Crippen molar-refractivity contribution in [2.45, 2.75) is 26.2 Å². The highest BCUT2D eigenvalue weighted by Crippen LogP contribution is 2.20. The van der Waals surface area contributed by atoms with E-state index in [-0.39, 0.29) is 11.8 Å². The Hall–Kier alpha value is -2.67. The number of benzene rings is 1. The molecule has 1 fully saturated rings. The summed E-state index contributed by atoms with van der Waals surface area (Å²) >= 11 is 0. The van der Waals surface area contributed by atoms with Crippen molar-refractivity contribution in [1.82, 2.24) is 15.3 Å². The fourth-order valence-corrected chi connectivity index (χ4v) is 3.26. The Morgan fingerprint density at radius 2 is 2.00 bits per heavy atom. The minimum Gasteiger partial charge on any atom is -0.476 e. The van der Waals surface area contributed by atoms with Crippen molar-refractivity contribution in [3.05, 3.63) is 47.8 Å². The zero-order valence-electron chi connectivity index (χ0n) is 16.6. The maximum absolute atomic E-state index is 12.5. The molecule has 7 heteroatoms. The van der Waals surface area contributed by atoms with Crippen molar-refractivity contribution in [3.63, 3.8) is 0 Å². The monoisotopic (exact) mass is 384 g/mol. The Morgan fingerprint density at radius 1 is 1.25 bits per heavy atom. The molecule has 0 aliphatic carbocycles. The molecule has 1 N–H and O–H groups in total. The maximum atomic E-state index is 12.5. The average molecular weight is 384 g/mol. The van der Waals surface area contributed by atoms with Crippen molar-refractivity contribution >= 4 is 11.7 Å². The van der Waals surface area contributed by atoms with Crippen molar-refractivity contribution < 1.29 is 14.3 Å². The van der Waals surface area contributed by atoms with Gasteiger partial charge in [-0.1, -0.05) is 37.3 Å². The normalized spacial score (nSPS) is 15.1. The summed E-state index contributed by atoms with van der Waals surface area (Å²) in [4.78, 5) is 23.5. The van der Waals surface area contributed by atoms with Crippen molar-refractivity contribution in [1.29, 1.82) is 0 Å². The highest BCUT2D eigenvalue weighted by molar-refractivity contribution is 5.83. The quantitative estimate of drug-likeness (QED) is 0.704. The Labute approximate surface area is 166 Å². The Bertz CT molecular complexity index is 764. The van der Waals surface area contributed by atoms with Crippen molar-refractivity contribution in [2.75, 3.05) is 44.4 Å². The van der Waals surface area contributed by atoms with Gasteiger partial charge in [-0.05, 0) is 18.9 Å². The Morgan fingerprint density at radius 3 is 2.71 bits per heavy atom. The van der Waals surface area contributed by atoms with Crippen LogP contribution in [0.3, 0.4) is 0 Å². The van der Waals surface area contributed by atoms with Gasteiger partial charge in [-0.3, -0.25) is 4.79 Å². The van der Waals surface area contributed by atoms with Crippen LogP contribution >= 0.6 is 0 Å². The van der Waals surface area contributed by atoms with Crippen LogP contribution in [0.4, 0.5) is 5.82 Å². The Balaban J connectivity index is 1.50. The molecule has 1 aliphatic rings. The van der Waals surface area contributed by atoms with Crippen LogP contribution in [0.15, 0.2) is 36.4 Å². The summed E-state index contributed by atoms with van der Waals surface area (Å²) in [7, 11) is 0. The average Bonchev–Trinajstić information content (AvgIpc) is 2.73. The number of carbonyl (C=O) groups excluding carboxylic acids is 1. The first kappa shape index (κ1) is 20.1. The topological polar surface area (TPSA) is 76.6 Å². The van der Waals surface area contributed by atoms with Gasteiger partial charge in [0, 0.05) is 19.2 Å². The molecule has 1 aromatic heterocycles. The second-order valence-electron chi connectivity index (χ2n) is 6.72. The van der Waals surface area contributed by atoms with E-state index in [1.165, 1.54) is 0 Å². The first-order valence-electron chi connectivity index (χ1n) is 9.81. The van der Waals surface area contributed by atoms with Gasteiger partial charge in [0.25, 0.3) is 0 Å². The molecule has 3 rings (SSSR count). The van der Waals surface area contributed by atoms with E-state index in [0.29, 0.717) is 38.1 Å². The first-order chi connectivity index (χ1) is 13.7. The van der Waals surface area contributed by atoms with E-state index in [1.54, 1.807) is 0 Å². The lowest BCUT2D eigenvalue weighted by Crippen LogP contribution is -2.37. The molecule has 1 unspecified atom stereocenters. The lowest BCUT2D eigenvalue weighted by Gasteiger charge is -2.28. The van der Waals surface area contributed by atoms with Crippen molar-refractivity contribution in [2.24, 2.45) is 0 Å². The van der Waals surface area contributed by atoms with Crippen LogP contribution in [0.5, 0.6) is 5.88 Å². The smallest absolute Gasteiger partial charge is 0.227 e. The molecule has 0 spiro atoms. The molecule has 0 saturated carbocycles. The molecule has 0 radical (unpaired) electrons. The third kappa shape index (κ3) is 5.42. The summed E-state index contributed by atoms with van der Waals surface area (Å²) in [5.74, 6) is 1.92. The number of morpholine rings is 1. The van der Waals surface area contributed by atoms with E-state index >= 15 is 0 Å². The summed E-state index contributed by atoms with van der Waals surface area (Å²) < 4.78 is 11.2. The van der Waals surface area contributed by atoms with E-state index in [1.807, 2.05) is 50.2 Å². The molecular weight excluding hydrogens is 356 g/mol. The molecular formula is C21H28N4O3. The predicted molar refractivity (Wildman–Crippen MR) is 108 cm³/mol. The molecule has 7 nitrogen and oxygen atoms in total. The minimum absolute atomic E-state index is 0.0187. The summed E-state index contributed by atoms with van der Waals surface area (Å²) in [5.41, 5.74) is 1.03. The second kappa shape index (κ2) is 10.0.